The summed E-state index contributed by atoms with van der Waals surface area (Å²) in [5.74, 6) is -2.80. The molecule has 0 atom stereocenters. The van der Waals surface area contributed by atoms with E-state index in [2.05, 4.69) is 15.3 Å². The van der Waals surface area contributed by atoms with Gasteiger partial charge in [-0.1, -0.05) is 29.8 Å². The maximum atomic E-state index is 14.6. The number of benzene rings is 2. The van der Waals surface area contributed by atoms with Crippen molar-refractivity contribution in [3.8, 4) is 33.0 Å². The zero-order valence-electron chi connectivity index (χ0n) is 23.7. The van der Waals surface area contributed by atoms with Crippen LogP contribution < -0.4 is 10.2 Å². The molecule has 7 rings (SSSR count). The van der Waals surface area contributed by atoms with Gasteiger partial charge in [0.25, 0.3) is 11.8 Å². The molecule has 1 fully saturated rings. The molecule has 3 aromatic heterocycles. The first kappa shape index (κ1) is 27.4. The fourth-order valence-electron chi connectivity index (χ4n) is 5.97. The van der Waals surface area contributed by atoms with Gasteiger partial charge in [-0.3, -0.25) is 14.6 Å². The third kappa shape index (κ3) is 4.70. The molecule has 10 heteroatoms. The number of alkyl halides is 2. The van der Waals surface area contributed by atoms with Crippen molar-refractivity contribution >= 4 is 39.8 Å². The molecule has 2 amide bonds. The van der Waals surface area contributed by atoms with E-state index >= 15 is 0 Å². The number of anilines is 1. The van der Waals surface area contributed by atoms with Crippen molar-refractivity contribution in [2.45, 2.75) is 45.0 Å². The molecule has 1 saturated heterocycles. The molecule has 7 nitrogen and oxygen atoms in total. The van der Waals surface area contributed by atoms with Gasteiger partial charge in [0.2, 0.25) is 5.91 Å². The number of nitrogens with one attached hydrogen (secondary N) is 1. The summed E-state index contributed by atoms with van der Waals surface area (Å²) in [4.78, 5) is 37.4. The van der Waals surface area contributed by atoms with E-state index in [9.17, 15) is 18.4 Å². The highest BCUT2D eigenvalue weighted by Crippen LogP contribution is 2.45. The lowest BCUT2D eigenvalue weighted by atomic mass is 9.98. The van der Waals surface area contributed by atoms with Crippen LogP contribution in [0.5, 0.6) is 0 Å². The molecule has 0 spiro atoms. The van der Waals surface area contributed by atoms with Crippen LogP contribution in [0.3, 0.4) is 0 Å². The van der Waals surface area contributed by atoms with E-state index in [4.69, 9.17) is 4.42 Å². The van der Waals surface area contributed by atoms with E-state index in [1.807, 2.05) is 49.4 Å². The highest BCUT2D eigenvalue weighted by atomic mass is 32.1. The molecular weight excluding hydrogens is 570 g/mol. The number of aryl methyl sites for hydroxylation is 2. The van der Waals surface area contributed by atoms with Gasteiger partial charge in [-0.15, -0.1) is 11.3 Å². The van der Waals surface area contributed by atoms with E-state index in [1.165, 1.54) is 11.3 Å². The predicted octanol–water partition coefficient (Wildman–Crippen LogP) is 7.51. The van der Waals surface area contributed by atoms with Crippen LogP contribution in [0.4, 0.5) is 14.5 Å². The number of pyridine rings is 1. The van der Waals surface area contributed by atoms with E-state index < -0.39 is 5.92 Å². The van der Waals surface area contributed by atoms with Crippen LogP contribution in [0, 0.1) is 6.92 Å². The molecule has 0 saturated carbocycles. The van der Waals surface area contributed by atoms with Gasteiger partial charge in [-0.25, -0.2) is 4.98 Å². The predicted molar refractivity (Wildman–Crippen MR) is 163 cm³/mol. The Kier molecular flexibility index (Phi) is 6.61. The smallest absolute Gasteiger partial charge is 0.290 e. The van der Waals surface area contributed by atoms with Crippen LogP contribution in [0.2, 0.25) is 0 Å². The lowest BCUT2D eigenvalue weighted by Crippen LogP contribution is -2.24. The molecule has 2 aliphatic rings. The highest BCUT2D eigenvalue weighted by Gasteiger charge is 2.40. The summed E-state index contributed by atoms with van der Waals surface area (Å²) in [6, 6.07) is 13.3. The molecule has 1 N–H and O–H groups in total. The zero-order valence-corrected chi connectivity index (χ0v) is 24.5. The second-order valence-corrected chi connectivity index (χ2v) is 12.2. The molecule has 43 heavy (non-hydrogen) atoms. The number of aromatic nitrogens is 2. The van der Waals surface area contributed by atoms with Gasteiger partial charge in [-0.2, -0.15) is 8.78 Å². The summed E-state index contributed by atoms with van der Waals surface area (Å²) in [5, 5.41) is 3.81. The Morgan fingerprint density at radius 3 is 2.56 bits per heavy atom. The van der Waals surface area contributed by atoms with Crippen LogP contribution in [0.25, 0.3) is 44.0 Å². The normalized spacial score (nSPS) is 16.1. The summed E-state index contributed by atoms with van der Waals surface area (Å²) in [5.41, 5.74) is 5.19. The summed E-state index contributed by atoms with van der Waals surface area (Å²) >= 11 is 1.27. The molecule has 0 unspecified atom stereocenters. The van der Waals surface area contributed by atoms with Gasteiger partial charge in [0, 0.05) is 77.4 Å². The van der Waals surface area contributed by atoms with Gasteiger partial charge in [0.05, 0.1) is 11.3 Å². The molecule has 218 valence electrons. The summed E-state index contributed by atoms with van der Waals surface area (Å²) in [6.07, 6.45) is 5.27. The number of halogens is 2. The van der Waals surface area contributed by atoms with Crippen molar-refractivity contribution in [1.29, 1.82) is 0 Å². The third-order valence-electron chi connectivity index (χ3n) is 8.17. The number of carbonyl (C=O) groups excluding carboxylic acids is 2. The minimum absolute atomic E-state index is 0.00335. The number of hydrogen-bond acceptors (Lipinski definition) is 6. The van der Waals surface area contributed by atoms with Gasteiger partial charge < -0.3 is 14.6 Å². The van der Waals surface area contributed by atoms with E-state index in [1.54, 1.807) is 24.3 Å². The summed E-state index contributed by atoms with van der Waals surface area (Å²) in [7, 11) is 1.57. The fourth-order valence-corrected chi connectivity index (χ4v) is 7.11. The molecule has 0 radical (unpaired) electrons. The molecule has 1 aliphatic heterocycles. The highest BCUT2D eigenvalue weighted by molar-refractivity contribution is 7.15. The Morgan fingerprint density at radius 1 is 1.05 bits per heavy atom. The summed E-state index contributed by atoms with van der Waals surface area (Å²) in [6.45, 7) is 2.54. The van der Waals surface area contributed by atoms with Crippen LogP contribution in [-0.4, -0.2) is 35.4 Å². The number of rotatable bonds is 5. The Morgan fingerprint density at radius 2 is 1.84 bits per heavy atom. The second-order valence-electron chi connectivity index (χ2n) is 11.1. The molecule has 1 aliphatic carbocycles. The minimum atomic E-state index is -2.94. The quantitative estimate of drug-likeness (QED) is 0.226. The molecule has 5 aromatic rings. The Balaban J connectivity index is 1.43. The van der Waals surface area contributed by atoms with Crippen LogP contribution >= 0.6 is 11.3 Å². The lowest BCUT2D eigenvalue weighted by molar-refractivity contribution is -0.117. The van der Waals surface area contributed by atoms with Crippen molar-refractivity contribution in [1.82, 2.24) is 15.3 Å². The van der Waals surface area contributed by atoms with Crippen molar-refractivity contribution < 1.29 is 22.8 Å². The van der Waals surface area contributed by atoms with Gasteiger partial charge in [0.15, 0.2) is 0 Å². The summed E-state index contributed by atoms with van der Waals surface area (Å²) < 4.78 is 35.6. The Labute approximate surface area is 250 Å². The van der Waals surface area contributed by atoms with Gasteiger partial charge in [0.1, 0.15) is 22.0 Å². The molecule has 2 aromatic carbocycles. The number of furan rings is 1. The SMILES string of the molecule is CNC(=O)c1c(-c2ccc(C)cc2)oc2cc(N3CCCC3=O)c(-c3cncc(-c4nc5c(s4)CCCC5(F)F)c3)cc12. The average molecular weight is 599 g/mol. The molecule has 4 heterocycles. The van der Waals surface area contributed by atoms with Gasteiger partial charge in [-0.05, 0) is 38.3 Å². The van der Waals surface area contributed by atoms with Crippen molar-refractivity contribution in [2.75, 3.05) is 18.5 Å². The maximum Gasteiger partial charge on any atom is 0.290 e. The van der Waals surface area contributed by atoms with E-state index in [0.717, 1.165) is 17.5 Å². The van der Waals surface area contributed by atoms with Crippen molar-refractivity contribution in [3.63, 3.8) is 0 Å². The minimum Gasteiger partial charge on any atom is -0.455 e. The number of hydrogen-bond donors (Lipinski definition) is 1. The Hall–Kier alpha value is -4.44. The van der Waals surface area contributed by atoms with E-state index in [0.29, 0.717) is 80.4 Å². The fraction of sp³-hybridized carbons (Fsp3) is 0.273. The standard InChI is InChI=1S/C33H28F2N4O3S/c1-18-7-9-19(10-8-18)29-28(31(41)36-2)23-14-22(24(15-25(23)42-29)39-12-4-6-27(39)40)20-13-21(17-37-16-20)32-38-30-26(43-32)5-3-11-33(30,34)35/h7-10,13-17H,3-6,11-12H2,1-2H3,(H,36,41). The number of nitrogens with zero attached hydrogens (tertiary/aromatic N) is 3. The van der Waals surface area contributed by atoms with Crippen molar-refractivity contribution in [3.05, 3.63) is 76.6 Å². The van der Waals surface area contributed by atoms with Crippen molar-refractivity contribution in [2.24, 2.45) is 0 Å². The largest absolute Gasteiger partial charge is 0.455 e. The second kappa shape index (κ2) is 10.4. The topological polar surface area (TPSA) is 88.3 Å². The van der Waals surface area contributed by atoms with Crippen LogP contribution in [0.1, 0.15) is 52.2 Å². The zero-order chi connectivity index (χ0) is 29.9. The van der Waals surface area contributed by atoms with Crippen LogP contribution in [0.15, 0.2) is 59.3 Å². The van der Waals surface area contributed by atoms with Gasteiger partial charge >= 0.3 is 0 Å². The first-order valence-corrected chi connectivity index (χ1v) is 15.1. The number of thiazole rings is 1. The molecular formula is C33H28F2N4O3S. The first-order chi connectivity index (χ1) is 20.7. The average Bonchev–Trinajstić information content (AvgIpc) is 3.73. The number of amides is 2. The first-order valence-electron chi connectivity index (χ1n) is 14.3. The van der Waals surface area contributed by atoms with E-state index in [-0.39, 0.29) is 23.9 Å². The third-order valence-corrected chi connectivity index (χ3v) is 9.34. The lowest BCUT2D eigenvalue weighted by Gasteiger charge is -2.20. The number of fused-ring (bicyclic) bond motifs is 2. The maximum absolute atomic E-state index is 14.6. The monoisotopic (exact) mass is 598 g/mol. The Bertz CT molecular complexity index is 1910. The van der Waals surface area contributed by atoms with Crippen LogP contribution in [-0.2, 0) is 17.1 Å². The molecule has 0 bridgehead atoms. The number of carbonyl (C=O) groups is 2.